The Bertz CT molecular complexity index is 1250. The van der Waals surface area contributed by atoms with Gasteiger partial charge in [0.15, 0.2) is 5.58 Å². The second-order valence-electron chi connectivity index (χ2n) is 6.24. The van der Waals surface area contributed by atoms with E-state index in [0.29, 0.717) is 22.5 Å². The highest BCUT2D eigenvalue weighted by molar-refractivity contribution is 5.94. The van der Waals surface area contributed by atoms with Crippen LogP contribution in [0.1, 0.15) is 17.3 Å². The summed E-state index contributed by atoms with van der Waals surface area (Å²) in [6.07, 6.45) is -4.80. The standard InChI is InChI=1S/C19H15F3N4O4/c1-3-28-16(27)10-4-7-14-13(8-10)23-17(26(14)2)25-18-24-12-6-5-11(9-15(12)29-18)30-19(20,21)22/h4-9H,3H2,1-2H3,(H,23,24,25). The van der Waals surface area contributed by atoms with Crippen molar-refractivity contribution in [3.05, 3.63) is 42.0 Å². The monoisotopic (exact) mass is 420 g/mol. The SMILES string of the molecule is CCOC(=O)c1ccc2c(c1)nc(Nc1nc3ccc(OC(F)(F)F)cc3o1)n2C. The Morgan fingerprint density at radius 2 is 1.97 bits per heavy atom. The van der Waals surface area contributed by atoms with Crippen molar-refractivity contribution in [2.75, 3.05) is 11.9 Å². The number of alkyl halides is 3. The number of imidazole rings is 1. The molecule has 0 bridgehead atoms. The lowest BCUT2D eigenvalue weighted by Gasteiger charge is -2.07. The fraction of sp³-hybridized carbons (Fsp3) is 0.211. The summed E-state index contributed by atoms with van der Waals surface area (Å²) in [5, 5.41) is 2.89. The van der Waals surface area contributed by atoms with Crippen molar-refractivity contribution in [2.24, 2.45) is 7.05 Å². The van der Waals surface area contributed by atoms with Crippen molar-refractivity contribution >= 4 is 40.1 Å². The number of oxazole rings is 1. The highest BCUT2D eigenvalue weighted by Crippen LogP contribution is 2.29. The molecule has 0 spiro atoms. The molecule has 0 amide bonds. The van der Waals surface area contributed by atoms with Gasteiger partial charge in [-0.3, -0.25) is 5.32 Å². The third kappa shape index (κ3) is 3.86. The number of hydrogen-bond donors (Lipinski definition) is 1. The van der Waals surface area contributed by atoms with Gasteiger partial charge < -0.3 is 18.5 Å². The number of benzene rings is 2. The van der Waals surface area contributed by atoms with Gasteiger partial charge in [0.05, 0.1) is 23.2 Å². The number of nitrogens with zero attached hydrogens (tertiary/aromatic N) is 3. The van der Waals surface area contributed by atoms with Crippen LogP contribution in [0.15, 0.2) is 40.8 Å². The van der Waals surface area contributed by atoms with Gasteiger partial charge in [0.2, 0.25) is 5.95 Å². The second-order valence-corrected chi connectivity index (χ2v) is 6.24. The van der Waals surface area contributed by atoms with Gasteiger partial charge in [-0.05, 0) is 37.3 Å². The summed E-state index contributed by atoms with van der Waals surface area (Å²) in [5.41, 5.74) is 2.11. The van der Waals surface area contributed by atoms with Gasteiger partial charge in [0.1, 0.15) is 11.3 Å². The molecule has 8 nitrogen and oxygen atoms in total. The van der Waals surface area contributed by atoms with Crippen LogP contribution in [0.25, 0.3) is 22.1 Å². The Balaban J connectivity index is 1.62. The van der Waals surface area contributed by atoms with Gasteiger partial charge in [-0.1, -0.05) is 0 Å². The van der Waals surface area contributed by atoms with E-state index in [1.807, 2.05) is 0 Å². The zero-order valence-corrected chi connectivity index (χ0v) is 15.8. The minimum absolute atomic E-state index is 0.0400. The van der Waals surface area contributed by atoms with Crippen LogP contribution in [0.2, 0.25) is 0 Å². The average Bonchev–Trinajstić information content (AvgIpc) is 3.20. The van der Waals surface area contributed by atoms with E-state index in [2.05, 4.69) is 20.0 Å². The van der Waals surface area contributed by atoms with Gasteiger partial charge >= 0.3 is 18.3 Å². The number of fused-ring (bicyclic) bond motifs is 2. The van der Waals surface area contributed by atoms with Crippen LogP contribution in [-0.2, 0) is 11.8 Å². The molecule has 0 aliphatic heterocycles. The lowest BCUT2D eigenvalue weighted by molar-refractivity contribution is -0.274. The summed E-state index contributed by atoms with van der Waals surface area (Å²) in [4.78, 5) is 20.5. The van der Waals surface area contributed by atoms with Gasteiger partial charge in [0, 0.05) is 13.1 Å². The van der Waals surface area contributed by atoms with Gasteiger partial charge in [-0.15, -0.1) is 13.2 Å². The van der Waals surface area contributed by atoms with E-state index in [1.165, 1.54) is 6.07 Å². The molecule has 0 aliphatic rings. The van der Waals surface area contributed by atoms with Crippen molar-refractivity contribution in [1.29, 1.82) is 0 Å². The minimum atomic E-state index is -4.80. The number of ether oxygens (including phenoxy) is 2. The first-order valence-corrected chi connectivity index (χ1v) is 8.80. The van der Waals surface area contributed by atoms with Crippen molar-refractivity contribution in [1.82, 2.24) is 14.5 Å². The molecule has 0 fully saturated rings. The Hall–Kier alpha value is -3.76. The Morgan fingerprint density at radius 1 is 1.17 bits per heavy atom. The molecular formula is C19H15F3N4O4. The van der Waals surface area contributed by atoms with Gasteiger partial charge in [-0.25, -0.2) is 9.78 Å². The normalized spacial score (nSPS) is 11.8. The predicted octanol–water partition coefficient (Wildman–Crippen LogP) is 4.53. The summed E-state index contributed by atoms with van der Waals surface area (Å²) in [6, 6.07) is 8.60. The summed E-state index contributed by atoms with van der Waals surface area (Å²) in [5.74, 6) is -0.494. The van der Waals surface area contributed by atoms with E-state index < -0.39 is 18.1 Å². The highest BCUT2D eigenvalue weighted by Gasteiger charge is 2.31. The van der Waals surface area contributed by atoms with E-state index >= 15 is 0 Å². The van der Waals surface area contributed by atoms with Gasteiger partial charge in [0.25, 0.3) is 0 Å². The molecule has 4 aromatic rings. The predicted molar refractivity (Wildman–Crippen MR) is 101 cm³/mol. The summed E-state index contributed by atoms with van der Waals surface area (Å²) < 4.78 is 53.2. The van der Waals surface area contributed by atoms with Crippen molar-refractivity contribution < 1.29 is 31.9 Å². The minimum Gasteiger partial charge on any atom is -0.462 e. The van der Waals surface area contributed by atoms with Crippen LogP contribution >= 0.6 is 0 Å². The lowest BCUT2D eigenvalue weighted by Crippen LogP contribution is -2.16. The molecule has 2 aromatic heterocycles. The zero-order chi connectivity index (χ0) is 21.5. The third-order valence-corrected chi connectivity index (χ3v) is 4.20. The van der Waals surface area contributed by atoms with Gasteiger partial charge in [-0.2, -0.15) is 4.98 Å². The number of anilines is 2. The number of esters is 1. The molecule has 2 heterocycles. The Labute approximate surface area is 167 Å². The number of nitrogens with one attached hydrogen (secondary N) is 1. The van der Waals surface area contributed by atoms with Crippen molar-refractivity contribution in [3.63, 3.8) is 0 Å². The largest absolute Gasteiger partial charge is 0.573 e. The highest BCUT2D eigenvalue weighted by atomic mass is 19.4. The number of carbonyl (C=O) groups excluding carboxylic acids is 1. The Kier molecular flexibility index (Phi) is 4.72. The topological polar surface area (TPSA) is 91.4 Å². The van der Waals surface area contributed by atoms with E-state index in [-0.39, 0.29) is 18.2 Å². The molecule has 0 saturated heterocycles. The van der Waals surface area contributed by atoms with Crippen molar-refractivity contribution in [2.45, 2.75) is 13.3 Å². The van der Waals surface area contributed by atoms with E-state index in [9.17, 15) is 18.0 Å². The molecule has 2 aromatic carbocycles. The number of halogens is 3. The molecule has 0 atom stereocenters. The first-order valence-electron chi connectivity index (χ1n) is 8.80. The molecule has 30 heavy (non-hydrogen) atoms. The maximum absolute atomic E-state index is 12.4. The number of aryl methyl sites for hydroxylation is 1. The molecule has 0 radical (unpaired) electrons. The first-order chi connectivity index (χ1) is 14.2. The first kappa shape index (κ1) is 19.6. The third-order valence-electron chi connectivity index (χ3n) is 4.20. The fourth-order valence-corrected chi connectivity index (χ4v) is 2.90. The van der Waals surface area contributed by atoms with Crippen LogP contribution in [0.4, 0.5) is 25.1 Å². The molecule has 4 rings (SSSR count). The number of hydrogen-bond acceptors (Lipinski definition) is 7. The van der Waals surface area contributed by atoms with E-state index in [0.717, 1.165) is 17.6 Å². The van der Waals surface area contributed by atoms with E-state index in [1.54, 1.807) is 36.7 Å². The average molecular weight is 420 g/mol. The molecule has 156 valence electrons. The van der Waals surface area contributed by atoms with Crippen LogP contribution in [-0.4, -0.2) is 33.5 Å². The van der Waals surface area contributed by atoms with Crippen LogP contribution in [0, 0.1) is 0 Å². The molecular weight excluding hydrogens is 405 g/mol. The lowest BCUT2D eigenvalue weighted by atomic mass is 10.2. The molecule has 0 unspecified atom stereocenters. The van der Waals surface area contributed by atoms with Crippen LogP contribution in [0.5, 0.6) is 5.75 Å². The smallest absolute Gasteiger partial charge is 0.462 e. The molecule has 0 saturated carbocycles. The number of rotatable bonds is 5. The fourth-order valence-electron chi connectivity index (χ4n) is 2.90. The van der Waals surface area contributed by atoms with Crippen LogP contribution < -0.4 is 10.1 Å². The maximum atomic E-state index is 12.4. The quantitative estimate of drug-likeness (QED) is 0.474. The molecule has 1 N–H and O–H groups in total. The molecule has 0 aliphatic carbocycles. The summed E-state index contributed by atoms with van der Waals surface area (Å²) in [6.45, 7) is 1.98. The van der Waals surface area contributed by atoms with Crippen molar-refractivity contribution in [3.8, 4) is 5.75 Å². The maximum Gasteiger partial charge on any atom is 0.573 e. The van der Waals surface area contributed by atoms with E-state index in [4.69, 9.17) is 9.15 Å². The summed E-state index contributed by atoms with van der Waals surface area (Å²) >= 11 is 0. The second kappa shape index (κ2) is 7.25. The number of aromatic nitrogens is 3. The summed E-state index contributed by atoms with van der Waals surface area (Å²) in [7, 11) is 1.75. The molecule has 11 heteroatoms. The zero-order valence-electron chi connectivity index (χ0n) is 15.8. The van der Waals surface area contributed by atoms with Crippen LogP contribution in [0.3, 0.4) is 0 Å². The number of carbonyl (C=O) groups is 1. The Morgan fingerprint density at radius 3 is 2.70 bits per heavy atom.